The van der Waals surface area contributed by atoms with Crippen LogP contribution in [0, 0.1) is 10.5 Å². The fourth-order valence-corrected chi connectivity index (χ4v) is 5.60. The SMILES string of the molecule is Cc1c(Cc2c(CN(C)CCS(C)(=O)=O)nc3c(I)cc(N4CCOCC4)nn23)cccc1C(F)(F)F. The number of aromatic nitrogens is 3. The van der Waals surface area contributed by atoms with Crippen LogP contribution in [0.5, 0.6) is 0 Å². The minimum Gasteiger partial charge on any atom is -0.378 e. The third-order valence-corrected chi connectivity index (χ3v) is 8.13. The lowest BCUT2D eigenvalue weighted by atomic mass is 9.98. The number of alkyl halides is 3. The summed E-state index contributed by atoms with van der Waals surface area (Å²) in [5.41, 5.74) is 1.98. The first-order valence-electron chi connectivity index (χ1n) is 11.7. The summed E-state index contributed by atoms with van der Waals surface area (Å²) in [6.07, 6.45) is -3.07. The average Bonchev–Trinajstić information content (AvgIpc) is 3.16. The lowest BCUT2D eigenvalue weighted by Crippen LogP contribution is -2.37. The summed E-state index contributed by atoms with van der Waals surface area (Å²) in [4.78, 5) is 8.78. The number of rotatable bonds is 8. The van der Waals surface area contributed by atoms with Gasteiger partial charge in [0.25, 0.3) is 0 Å². The third-order valence-electron chi connectivity index (χ3n) is 6.41. The number of imidazole rings is 1. The second-order valence-corrected chi connectivity index (χ2v) is 12.7. The van der Waals surface area contributed by atoms with E-state index in [2.05, 4.69) is 27.5 Å². The minimum absolute atomic E-state index is 0.00406. The van der Waals surface area contributed by atoms with E-state index < -0.39 is 21.6 Å². The molecule has 0 spiro atoms. The van der Waals surface area contributed by atoms with E-state index in [0.29, 0.717) is 62.0 Å². The Hall–Kier alpha value is -1.97. The number of anilines is 1. The summed E-state index contributed by atoms with van der Waals surface area (Å²) in [5.74, 6) is 0.743. The number of sulfone groups is 1. The van der Waals surface area contributed by atoms with Gasteiger partial charge in [-0.15, -0.1) is 5.10 Å². The highest BCUT2D eigenvalue weighted by Gasteiger charge is 2.33. The van der Waals surface area contributed by atoms with Gasteiger partial charge >= 0.3 is 6.18 Å². The second-order valence-electron chi connectivity index (χ2n) is 9.32. The smallest absolute Gasteiger partial charge is 0.378 e. The molecule has 3 aromatic rings. The molecule has 8 nitrogen and oxygen atoms in total. The van der Waals surface area contributed by atoms with E-state index in [1.54, 1.807) is 17.6 Å². The van der Waals surface area contributed by atoms with Crippen LogP contribution in [0.2, 0.25) is 0 Å². The Morgan fingerprint density at radius 3 is 2.57 bits per heavy atom. The van der Waals surface area contributed by atoms with E-state index in [4.69, 9.17) is 14.8 Å². The van der Waals surface area contributed by atoms with Gasteiger partial charge in [0, 0.05) is 38.9 Å². The summed E-state index contributed by atoms with van der Waals surface area (Å²) in [7, 11) is -1.35. The molecule has 1 saturated heterocycles. The number of halogens is 4. The molecule has 1 aliphatic rings. The molecular formula is C24H29F3IN5O3S. The molecule has 0 N–H and O–H groups in total. The number of morpholine rings is 1. The standard InChI is InChI=1S/C24H29F3IN5O3S/c1-16-17(5-4-6-18(16)24(25,26)27)13-21-20(15-31(2)9-12-37(3,34)35)29-23-19(28)14-22(30-33(21)23)32-7-10-36-11-8-32/h4-6,14H,7-13,15H2,1-3H3. The number of fused-ring (bicyclic) bond motifs is 1. The Morgan fingerprint density at radius 2 is 1.92 bits per heavy atom. The quantitative estimate of drug-likeness (QED) is 0.345. The van der Waals surface area contributed by atoms with Gasteiger partial charge in [-0.05, 0) is 59.8 Å². The summed E-state index contributed by atoms with van der Waals surface area (Å²) in [6.45, 7) is 4.67. The Bertz CT molecular complexity index is 1390. The zero-order valence-electron chi connectivity index (χ0n) is 20.8. The molecule has 0 bridgehead atoms. The molecule has 0 atom stereocenters. The van der Waals surface area contributed by atoms with Gasteiger partial charge in [-0.1, -0.05) is 12.1 Å². The highest BCUT2D eigenvalue weighted by molar-refractivity contribution is 14.1. The van der Waals surface area contributed by atoms with Crippen LogP contribution in [0.25, 0.3) is 5.65 Å². The molecule has 0 unspecified atom stereocenters. The molecule has 0 radical (unpaired) electrons. The summed E-state index contributed by atoms with van der Waals surface area (Å²) in [6, 6.07) is 6.15. The zero-order chi connectivity index (χ0) is 27.0. The lowest BCUT2D eigenvalue weighted by Gasteiger charge is -2.27. The van der Waals surface area contributed by atoms with Gasteiger partial charge in [-0.25, -0.2) is 17.9 Å². The van der Waals surface area contributed by atoms with Crippen LogP contribution in [-0.4, -0.2) is 79.8 Å². The van der Waals surface area contributed by atoms with Crippen LogP contribution >= 0.6 is 22.6 Å². The molecule has 1 fully saturated rings. The second kappa shape index (κ2) is 11.0. The van der Waals surface area contributed by atoms with Gasteiger partial charge in [0.05, 0.1) is 39.5 Å². The molecule has 4 rings (SSSR count). The molecule has 1 aromatic carbocycles. The minimum atomic E-state index is -4.45. The molecule has 2 aromatic heterocycles. The maximum atomic E-state index is 13.6. The zero-order valence-corrected chi connectivity index (χ0v) is 23.8. The lowest BCUT2D eigenvalue weighted by molar-refractivity contribution is -0.138. The highest BCUT2D eigenvalue weighted by atomic mass is 127. The first-order chi connectivity index (χ1) is 17.3. The first kappa shape index (κ1) is 28.0. The molecule has 0 amide bonds. The number of benzene rings is 1. The van der Waals surface area contributed by atoms with Crippen molar-refractivity contribution in [2.24, 2.45) is 0 Å². The van der Waals surface area contributed by atoms with E-state index in [0.717, 1.165) is 15.5 Å². The molecule has 1 aliphatic heterocycles. The Balaban J connectivity index is 1.79. The topological polar surface area (TPSA) is 80.0 Å². The Morgan fingerprint density at radius 1 is 1.22 bits per heavy atom. The molecule has 202 valence electrons. The van der Waals surface area contributed by atoms with E-state index in [-0.39, 0.29) is 17.7 Å². The number of ether oxygens (including phenoxy) is 1. The highest BCUT2D eigenvalue weighted by Crippen LogP contribution is 2.34. The summed E-state index contributed by atoms with van der Waals surface area (Å²) in [5, 5.41) is 4.85. The van der Waals surface area contributed by atoms with Gasteiger partial charge in [0.1, 0.15) is 9.84 Å². The molecule has 3 heterocycles. The van der Waals surface area contributed by atoms with Crippen molar-refractivity contribution in [3.05, 3.63) is 55.9 Å². The van der Waals surface area contributed by atoms with Crippen molar-refractivity contribution in [1.29, 1.82) is 0 Å². The Kier molecular flexibility index (Phi) is 8.36. The van der Waals surface area contributed by atoms with Gasteiger partial charge in [0.2, 0.25) is 0 Å². The van der Waals surface area contributed by atoms with Crippen LogP contribution in [-0.2, 0) is 33.7 Å². The Labute approximate surface area is 227 Å². The predicted octanol–water partition coefficient (Wildman–Crippen LogP) is 3.56. The van der Waals surface area contributed by atoms with Crippen molar-refractivity contribution in [1.82, 2.24) is 19.5 Å². The fraction of sp³-hybridized carbons (Fsp3) is 0.500. The van der Waals surface area contributed by atoms with Crippen molar-refractivity contribution in [3.63, 3.8) is 0 Å². The summed E-state index contributed by atoms with van der Waals surface area (Å²) >= 11 is 2.20. The molecule has 0 aliphatic carbocycles. The molecular weight excluding hydrogens is 622 g/mol. The third kappa shape index (κ3) is 6.73. The van der Waals surface area contributed by atoms with E-state index in [9.17, 15) is 21.6 Å². The number of hydrogen-bond donors (Lipinski definition) is 0. The van der Waals surface area contributed by atoms with E-state index in [1.807, 2.05) is 11.0 Å². The number of nitrogens with zero attached hydrogens (tertiary/aromatic N) is 5. The maximum Gasteiger partial charge on any atom is 0.416 e. The predicted molar refractivity (Wildman–Crippen MR) is 144 cm³/mol. The first-order valence-corrected chi connectivity index (χ1v) is 14.9. The average molecular weight is 651 g/mol. The summed E-state index contributed by atoms with van der Waals surface area (Å²) < 4.78 is 72.2. The van der Waals surface area contributed by atoms with Crippen LogP contribution in [0.3, 0.4) is 0 Å². The van der Waals surface area contributed by atoms with Crippen molar-refractivity contribution in [3.8, 4) is 0 Å². The molecule has 13 heteroatoms. The largest absolute Gasteiger partial charge is 0.416 e. The van der Waals surface area contributed by atoms with Crippen LogP contribution in [0.4, 0.5) is 19.0 Å². The normalized spacial score (nSPS) is 15.2. The van der Waals surface area contributed by atoms with Gasteiger partial charge in [-0.2, -0.15) is 13.2 Å². The van der Waals surface area contributed by atoms with Gasteiger partial charge < -0.3 is 9.64 Å². The van der Waals surface area contributed by atoms with Crippen molar-refractivity contribution < 1.29 is 26.3 Å². The van der Waals surface area contributed by atoms with Crippen molar-refractivity contribution in [2.45, 2.75) is 26.1 Å². The van der Waals surface area contributed by atoms with Crippen LogP contribution in [0.1, 0.15) is 28.1 Å². The number of hydrogen-bond acceptors (Lipinski definition) is 7. The van der Waals surface area contributed by atoms with Crippen LogP contribution in [0.15, 0.2) is 24.3 Å². The fourth-order valence-electron chi connectivity index (χ4n) is 4.33. The van der Waals surface area contributed by atoms with Gasteiger partial charge in [0.15, 0.2) is 11.5 Å². The van der Waals surface area contributed by atoms with E-state index in [1.165, 1.54) is 19.2 Å². The van der Waals surface area contributed by atoms with Gasteiger partial charge in [-0.3, -0.25) is 4.90 Å². The van der Waals surface area contributed by atoms with Crippen LogP contribution < -0.4 is 4.90 Å². The van der Waals surface area contributed by atoms with E-state index >= 15 is 0 Å². The maximum absolute atomic E-state index is 13.6. The monoisotopic (exact) mass is 651 g/mol. The molecule has 0 saturated carbocycles. The van der Waals surface area contributed by atoms with Crippen molar-refractivity contribution >= 4 is 43.9 Å². The molecule has 37 heavy (non-hydrogen) atoms. The van der Waals surface area contributed by atoms with Crippen molar-refractivity contribution in [2.75, 3.05) is 56.8 Å².